The lowest BCUT2D eigenvalue weighted by atomic mass is 10.1. The van der Waals surface area contributed by atoms with Crippen LogP contribution in [0.1, 0.15) is 21.5 Å². The van der Waals surface area contributed by atoms with Crippen molar-refractivity contribution in [3.05, 3.63) is 70.7 Å². The second kappa shape index (κ2) is 7.88. The summed E-state index contributed by atoms with van der Waals surface area (Å²) in [6.45, 7) is 1.37. The summed E-state index contributed by atoms with van der Waals surface area (Å²) in [5, 5.41) is 4.84. The third-order valence-electron chi connectivity index (χ3n) is 4.46. The fourth-order valence-electron chi connectivity index (χ4n) is 2.99. The number of carbonyl (C=O) groups is 1. The zero-order chi connectivity index (χ0) is 22.2. The van der Waals surface area contributed by atoms with Gasteiger partial charge in [0.2, 0.25) is 11.8 Å². The molecule has 3 N–H and O–H groups in total. The normalized spacial score (nSPS) is 11.5. The molecule has 0 fully saturated rings. The van der Waals surface area contributed by atoms with Gasteiger partial charge >= 0.3 is 6.18 Å². The van der Waals surface area contributed by atoms with E-state index >= 15 is 0 Å². The second-order valence-electron chi connectivity index (χ2n) is 6.64. The van der Waals surface area contributed by atoms with Crippen molar-refractivity contribution in [2.45, 2.75) is 13.1 Å². The van der Waals surface area contributed by atoms with Crippen LogP contribution in [0.2, 0.25) is 0 Å². The fraction of sp³-hybridized carbons (Fsp3) is 0.0952. The van der Waals surface area contributed by atoms with Crippen LogP contribution in [0, 0.1) is 6.92 Å². The van der Waals surface area contributed by atoms with Gasteiger partial charge in [-0.15, -0.1) is 11.3 Å². The molecule has 0 aliphatic rings. The van der Waals surface area contributed by atoms with Gasteiger partial charge in [-0.25, -0.2) is 4.98 Å². The number of hydrogen-bond acceptors (Lipinski definition) is 6. The molecule has 0 aliphatic heterocycles. The highest BCUT2D eigenvalue weighted by Crippen LogP contribution is 2.34. The highest BCUT2D eigenvalue weighted by molar-refractivity contribution is 7.17. The van der Waals surface area contributed by atoms with Crippen LogP contribution in [-0.2, 0) is 6.18 Å². The number of aryl methyl sites for hydroxylation is 1. The topological polar surface area (TPSA) is 90.1 Å². The molecule has 0 bridgehead atoms. The molecular weight excluding hydrogens is 429 g/mol. The van der Waals surface area contributed by atoms with Crippen molar-refractivity contribution in [2.24, 2.45) is 0 Å². The lowest BCUT2D eigenvalue weighted by Gasteiger charge is -2.12. The third-order valence-corrected chi connectivity index (χ3v) is 5.41. The van der Waals surface area contributed by atoms with Crippen molar-refractivity contribution in [1.29, 1.82) is 0 Å². The van der Waals surface area contributed by atoms with Gasteiger partial charge in [0.1, 0.15) is 5.75 Å². The Balaban J connectivity index is 1.57. The number of nitrogens with one attached hydrogen (secondary N) is 1. The molecule has 2 aromatic heterocycles. The Morgan fingerprint density at radius 1 is 1.16 bits per heavy atom. The van der Waals surface area contributed by atoms with Crippen molar-refractivity contribution in [3.63, 3.8) is 0 Å². The van der Waals surface area contributed by atoms with Crippen LogP contribution in [0.4, 0.5) is 24.8 Å². The van der Waals surface area contributed by atoms with E-state index in [2.05, 4.69) is 15.3 Å². The zero-order valence-corrected chi connectivity index (χ0v) is 16.8. The average Bonchev–Trinajstić information content (AvgIpc) is 3.12. The first-order valence-electron chi connectivity index (χ1n) is 8.97. The van der Waals surface area contributed by atoms with Crippen LogP contribution in [0.15, 0.2) is 54.0 Å². The van der Waals surface area contributed by atoms with E-state index in [1.807, 2.05) is 0 Å². The number of alkyl halides is 3. The minimum absolute atomic E-state index is 0.0728. The van der Waals surface area contributed by atoms with E-state index in [1.54, 1.807) is 29.6 Å². The number of hydrogen-bond donors (Lipinski definition) is 2. The molecule has 0 spiro atoms. The molecule has 10 heteroatoms. The van der Waals surface area contributed by atoms with Crippen LogP contribution in [-0.4, -0.2) is 15.9 Å². The number of nitrogens with zero attached hydrogens (tertiary/aromatic N) is 2. The molecule has 1 amide bonds. The van der Waals surface area contributed by atoms with E-state index < -0.39 is 17.6 Å². The monoisotopic (exact) mass is 444 g/mol. The number of fused-ring (bicyclic) bond motifs is 1. The largest absolute Gasteiger partial charge is 0.439 e. The standard InChI is InChI=1S/C21H15F3N4O2S/c1-11-2-3-12(8-16(11)21(22,23)24)27-19(29)15-10-31-17-9-13(4-5-14(15)17)30-18-6-7-26-20(25)28-18/h2-10H,1H3,(H,27,29)(H2,25,26,28). The summed E-state index contributed by atoms with van der Waals surface area (Å²) < 4.78 is 45.8. The Bertz CT molecular complexity index is 1290. The van der Waals surface area contributed by atoms with E-state index in [0.29, 0.717) is 16.7 Å². The Kier molecular flexibility index (Phi) is 5.24. The third kappa shape index (κ3) is 4.43. The molecule has 0 unspecified atom stereocenters. The SMILES string of the molecule is Cc1ccc(NC(=O)c2csc3cc(Oc4ccnc(N)n4)ccc23)cc1C(F)(F)F. The molecule has 158 valence electrons. The Labute approximate surface area is 178 Å². The van der Waals surface area contributed by atoms with Crippen molar-refractivity contribution in [3.8, 4) is 11.6 Å². The highest BCUT2D eigenvalue weighted by Gasteiger charge is 2.32. The zero-order valence-electron chi connectivity index (χ0n) is 16.0. The van der Waals surface area contributed by atoms with Gasteiger partial charge in [0.15, 0.2) is 0 Å². The number of ether oxygens (including phenoxy) is 1. The van der Waals surface area contributed by atoms with E-state index in [-0.39, 0.29) is 23.1 Å². The molecular formula is C21H15F3N4O2S. The number of aromatic nitrogens is 2. The number of benzene rings is 2. The van der Waals surface area contributed by atoms with Gasteiger partial charge in [-0.05, 0) is 42.8 Å². The predicted molar refractivity (Wildman–Crippen MR) is 112 cm³/mol. The summed E-state index contributed by atoms with van der Waals surface area (Å²) in [7, 11) is 0. The predicted octanol–water partition coefficient (Wildman–Crippen LogP) is 5.65. The van der Waals surface area contributed by atoms with Crippen LogP contribution in [0.5, 0.6) is 11.6 Å². The molecule has 4 aromatic rings. The summed E-state index contributed by atoms with van der Waals surface area (Å²) in [4.78, 5) is 20.5. The maximum atomic E-state index is 13.1. The number of anilines is 2. The van der Waals surface area contributed by atoms with Crippen LogP contribution in [0.25, 0.3) is 10.1 Å². The lowest BCUT2D eigenvalue weighted by molar-refractivity contribution is -0.138. The number of carbonyl (C=O) groups excluding carboxylic acids is 1. The van der Waals surface area contributed by atoms with E-state index in [1.165, 1.54) is 36.6 Å². The van der Waals surface area contributed by atoms with Gasteiger partial charge in [-0.3, -0.25) is 4.79 Å². The van der Waals surface area contributed by atoms with Crippen LogP contribution >= 0.6 is 11.3 Å². The van der Waals surface area contributed by atoms with Gasteiger partial charge in [0, 0.05) is 33.4 Å². The van der Waals surface area contributed by atoms with Gasteiger partial charge < -0.3 is 15.8 Å². The van der Waals surface area contributed by atoms with Crippen molar-refractivity contribution >= 4 is 39.0 Å². The van der Waals surface area contributed by atoms with Gasteiger partial charge in [-0.1, -0.05) is 6.07 Å². The number of rotatable bonds is 4. The molecule has 4 rings (SSSR count). The van der Waals surface area contributed by atoms with Gasteiger partial charge in [-0.2, -0.15) is 18.2 Å². The van der Waals surface area contributed by atoms with Crippen molar-refractivity contribution in [2.75, 3.05) is 11.1 Å². The Hall–Kier alpha value is -3.66. The Morgan fingerprint density at radius 3 is 2.71 bits per heavy atom. The lowest BCUT2D eigenvalue weighted by Crippen LogP contribution is -2.13. The van der Waals surface area contributed by atoms with Gasteiger partial charge in [0.25, 0.3) is 5.91 Å². The number of nitrogens with two attached hydrogens (primary N) is 1. The molecule has 0 radical (unpaired) electrons. The Morgan fingerprint density at radius 2 is 1.97 bits per heavy atom. The fourth-order valence-corrected chi connectivity index (χ4v) is 3.95. The summed E-state index contributed by atoms with van der Waals surface area (Å²) in [5.74, 6) is 0.355. The van der Waals surface area contributed by atoms with Crippen molar-refractivity contribution in [1.82, 2.24) is 9.97 Å². The first-order valence-corrected chi connectivity index (χ1v) is 9.85. The minimum atomic E-state index is -4.50. The second-order valence-corrected chi connectivity index (χ2v) is 7.56. The maximum absolute atomic E-state index is 13.1. The number of halogens is 3. The summed E-state index contributed by atoms with van der Waals surface area (Å²) in [5.41, 5.74) is 5.27. The van der Waals surface area contributed by atoms with E-state index in [4.69, 9.17) is 10.5 Å². The summed E-state index contributed by atoms with van der Waals surface area (Å²) >= 11 is 1.31. The highest BCUT2D eigenvalue weighted by atomic mass is 32.1. The number of nitrogen functional groups attached to an aromatic ring is 1. The van der Waals surface area contributed by atoms with E-state index in [9.17, 15) is 18.0 Å². The molecule has 0 saturated heterocycles. The summed E-state index contributed by atoms with van der Waals surface area (Å²) in [6.07, 6.45) is -3.02. The smallest absolute Gasteiger partial charge is 0.416 e. The quantitative estimate of drug-likeness (QED) is 0.425. The molecule has 31 heavy (non-hydrogen) atoms. The number of amides is 1. The molecule has 2 heterocycles. The molecule has 0 saturated carbocycles. The van der Waals surface area contributed by atoms with Crippen LogP contribution in [0.3, 0.4) is 0 Å². The molecule has 0 atom stereocenters. The minimum Gasteiger partial charge on any atom is -0.439 e. The summed E-state index contributed by atoms with van der Waals surface area (Å²) in [6, 6.07) is 10.4. The average molecular weight is 444 g/mol. The van der Waals surface area contributed by atoms with E-state index in [0.717, 1.165) is 10.8 Å². The first kappa shape index (κ1) is 20.6. The van der Waals surface area contributed by atoms with Crippen molar-refractivity contribution < 1.29 is 22.7 Å². The van der Waals surface area contributed by atoms with Crippen LogP contribution < -0.4 is 15.8 Å². The number of thiophene rings is 1. The van der Waals surface area contributed by atoms with Gasteiger partial charge in [0.05, 0.1) is 11.1 Å². The molecule has 0 aliphatic carbocycles. The maximum Gasteiger partial charge on any atom is 0.416 e. The molecule has 2 aromatic carbocycles. The molecule has 6 nitrogen and oxygen atoms in total. The first-order chi connectivity index (χ1) is 14.7.